The van der Waals surface area contributed by atoms with E-state index in [1.807, 2.05) is 36.4 Å². The summed E-state index contributed by atoms with van der Waals surface area (Å²) in [5.74, 6) is -0.205. The van der Waals surface area contributed by atoms with Crippen LogP contribution in [0.25, 0.3) is 6.08 Å². The number of carbonyl (C=O) groups is 1. The summed E-state index contributed by atoms with van der Waals surface area (Å²) in [4.78, 5) is 14.8. The van der Waals surface area contributed by atoms with Gasteiger partial charge in [-0.3, -0.25) is 9.52 Å². The van der Waals surface area contributed by atoms with Gasteiger partial charge in [0.1, 0.15) is 0 Å². The van der Waals surface area contributed by atoms with Gasteiger partial charge in [-0.1, -0.05) is 42.5 Å². The summed E-state index contributed by atoms with van der Waals surface area (Å²) in [7, 11) is -1.56. The van der Waals surface area contributed by atoms with Gasteiger partial charge in [-0.25, -0.2) is 8.42 Å². The van der Waals surface area contributed by atoms with Gasteiger partial charge in [-0.15, -0.1) is 0 Å². The number of hydrogen-bond acceptors (Lipinski definition) is 4. The molecule has 170 valence electrons. The van der Waals surface area contributed by atoms with Gasteiger partial charge in [0.05, 0.1) is 5.41 Å². The van der Waals surface area contributed by atoms with Crippen molar-refractivity contribution in [1.82, 2.24) is 5.32 Å². The van der Waals surface area contributed by atoms with Crippen molar-refractivity contribution in [1.29, 1.82) is 0 Å². The molecule has 3 aromatic carbocycles. The number of sulfonamides is 1. The second-order valence-electron chi connectivity index (χ2n) is 8.11. The lowest BCUT2D eigenvalue weighted by Crippen LogP contribution is -2.25. The highest BCUT2D eigenvalue weighted by molar-refractivity contribution is 7.95. The molecule has 1 aliphatic rings. The third-order valence-corrected chi connectivity index (χ3v) is 6.61. The van der Waals surface area contributed by atoms with Crippen LogP contribution in [0.4, 0.5) is 11.4 Å². The molecule has 0 aliphatic carbocycles. The van der Waals surface area contributed by atoms with Crippen LogP contribution in [0.15, 0.2) is 78.2 Å². The predicted molar refractivity (Wildman–Crippen MR) is 134 cm³/mol. The SMILES string of the molecule is CN1CCCc2cc(CNC(=O)c3ccc(NS(=O)(=O)/C=C/c4ccccc4)cc3)ccc21. The standard InChI is InChI=1S/C26H27N3O3S/c1-29-16-5-8-23-18-21(9-14-25(23)29)19-27-26(30)22-10-12-24(13-11-22)28-33(31,32)17-15-20-6-3-2-4-7-20/h2-4,6-7,9-15,17-18,28H,5,8,16,19H2,1H3,(H,27,30)/b17-15+. The van der Waals surface area contributed by atoms with E-state index in [1.165, 1.54) is 17.3 Å². The van der Waals surface area contributed by atoms with Gasteiger partial charge in [0.2, 0.25) is 0 Å². The highest BCUT2D eigenvalue weighted by Gasteiger charge is 2.14. The highest BCUT2D eigenvalue weighted by Crippen LogP contribution is 2.26. The number of anilines is 2. The summed E-state index contributed by atoms with van der Waals surface area (Å²) >= 11 is 0. The van der Waals surface area contributed by atoms with Gasteiger partial charge in [0, 0.05) is 37.1 Å². The zero-order valence-electron chi connectivity index (χ0n) is 18.5. The van der Waals surface area contributed by atoms with E-state index in [-0.39, 0.29) is 5.91 Å². The van der Waals surface area contributed by atoms with Crippen LogP contribution >= 0.6 is 0 Å². The number of nitrogens with zero attached hydrogens (tertiary/aromatic N) is 1. The fourth-order valence-electron chi connectivity index (χ4n) is 3.85. The van der Waals surface area contributed by atoms with Gasteiger partial charge >= 0.3 is 0 Å². The Morgan fingerprint density at radius 3 is 2.55 bits per heavy atom. The van der Waals surface area contributed by atoms with E-state index in [4.69, 9.17) is 0 Å². The highest BCUT2D eigenvalue weighted by atomic mass is 32.2. The first-order valence-electron chi connectivity index (χ1n) is 10.9. The number of benzene rings is 3. The van der Waals surface area contributed by atoms with Gasteiger partial charge in [0.25, 0.3) is 15.9 Å². The molecule has 0 bridgehead atoms. The van der Waals surface area contributed by atoms with E-state index in [1.54, 1.807) is 24.3 Å². The maximum atomic E-state index is 12.5. The number of nitrogens with one attached hydrogen (secondary N) is 2. The van der Waals surface area contributed by atoms with E-state index in [2.05, 4.69) is 34.1 Å². The molecule has 7 heteroatoms. The van der Waals surface area contributed by atoms with E-state index in [0.29, 0.717) is 17.8 Å². The van der Waals surface area contributed by atoms with Crippen molar-refractivity contribution >= 4 is 33.4 Å². The first kappa shape index (κ1) is 22.6. The van der Waals surface area contributed by atoms with E-state index >= 15 is 0 Å². The number of aryl methyl sites for hydroxylation is 1. The summed E-state index contributed by atoms with van der Waals surface area (Å²) in [5, 5.41) is 4.06. The summed E-state index contributed by atoms with van der Waals surface area (Å²) in [6, 6.07) is 21.9. The monoisotopic (exact) mass is 461 g/mol. The summed E-state index contributed by atoms with van der Waals surface area (Å²) in [6.45, 7) is 1.51. The lowest BCUT2D eigenvalue weighted by Gasteiger charge is -2.27. The van der Waals surface area contributed by atoms with E-state index in [0.717, 1.165) is 35.9 Å². The Balaban J connectivity index is 1.34. The topological polar surface area (TPSA) is 78.5 Å². The molecular formula is C26H27N3O3S. The van der Waals surface area contributed by atoms with Crippen molar-refractivity contribution in [3.8, 4) is 0 Å². The second-order valence-corrected chi connectivity index (χ2v) is 9.68. The van der Waals surface area contributed by atoms with E-state index in [9.17, 15) is 13.2 Å². The second kappa shape index (κ2) is 9.92. The van der Waals surface area contributed by atoms with Crippen LogP contribution in [0.3, 0.4) is 0 Å². The maximum Gasteiger partial charge on any atom is 0.255 e. The average Bonchev–Trinajstić information content (AvgIpc) is 2.82. The normalized spacial score (nSPS) is 13.5. The summed E-state index contributed by atoms with van der Waals surface area (Å²) in [6.07, 6.45) is 3.72. The lowest BCUT2D eigenvalue weighted by atomic mass is 9.99. The fourth-order valence-corrected chi connectivity index (χ4v) is 4.72. The van der Waals surface area contributed by atoms with Crippen molar-refractivity contribution in [3.05, 3.63) is 100 Å². The molecule has 0 radical (unpaired) electrons. The number of amides is 1. The maximum absolute atomic E-state index is 12.5. The molecule has 1 amide bonds. The van der Waals surface area contributed by atoms with Gasteiger partial charge in [-0.2, -0.15) is 0 Å². The third kappa shape index (κ3) is 6.02. The Morgan fingerprint density at radius 1 is 1.03 bits per heavy atom. The van der Waals surface area contributed by atoms with Gasteiger partial charge < -0.3 is 10.2 Å². The van der Waals surface area contributed by atoms with Crippen molar-refractivity contribution in [2.45, 2.75) is 19.4 Å². The number of hydrogen-bond donors (Lipinski definition) is 2. The molecule has 1 aliphatic heterocycles. The largest absolute Gasteiger partial charge is 0.374 e. The first-order valence-corrected chi connectivity index (χ1v) is 12.4. The molecule has 4 rings (SSSR count). The molecule has 0 unspecified atom stereocenters. The van der Waals surface area contributed by atoms with Crippen molar-refractivity contribution in [2.75, 3.05) is 23.2 Å². The smallest absolute Gasteiger partial charge is 0.255 e. The zero-order chi connectivity index (χ0) is 23.3. The van der Waals surface area contributed by atoms with Crippen molar-refractivity contribution in [2.24, 2.45) is 0 Å². The van der Waals surface area contributed by atoms with Gasteiger partial charge in [0.15, 0.2) is 0 Å². The predicted octanol–water partition coefficient (Wildman–Crippen LogP) is 4.41. The Labute approximate surface area is 195 Å². The summed E-state index contributed by atoms with van der Waals surface area (Å²) in [5.41, 5.74) is 5.28. The third-order valence-electron chi connectivity index (χ3n) is 5.59. The summed E-state index contributed by atoms with van der Waals surface area (Å²) < 4.78 is 27.1. The van der Waals surface area contributed by atoms with Crippen molar-refractivity contribution in [3.63, 3.8) is 0 Å². The molecule has 0 atom stereocenters. The lowest BCUT2D eigenvalue weighted by molar-refractivity contribution is 0.0951. The Bertz CT molecular complexity index is 1250. The van der Waals surface area contributed by atoms with Crippen molar-refractivity contribution < 1.29 is 13.2 Å². The Morgan fingerprint density at radius 2 is 1.79 bits per heavy atom. The Kier molecular flexibility index (Phi) is 6.79. The van der Waals surface area contributed by atoms with Crippen LogP contribution in [0.1, 0.15) is 33.5 Å². The molecule has 3 aromatic rings. The minimum atomic E-state index is -3.66. The number of rotatable bonds is 7. The van der Waals surface area contributed by atoms with Crippen LogP contribution in [0.5, 0.6) is 0 Å². The van der Waals surface area contributed by atoms with Gasteiger partial charge in [-0.05, 0) is 65.9 Å². The molecule has 1 heterocycles. The molecule has 6 nitrogen and oxygen atoms in total. The molecule has 0 fully saturated rings. The van der Waals surface area contributed by atoms with Crippen LogP contribution < -0.4 is 14.9 Å². The molecular weight excluding hydrogens is 434 g/mol. The molecule has 0 spiro atoms. The number of carbonyl (C=O) groups excluding carboxylic acids is 1. The molecule has 0 saturated heterocycles. The Hall–Kier alpha value is -3.58. The molecule has 2 N–H and O–H groups in total. The minimum Gasteiger partial charge on any atom is -0.374 e. The minimum absolute atomic E-state index is 0.205. The quantitative estimate of drug-likeness (QED) is 0.546. The van der Waals surface area contributed by atoms with Crippen LogP contribution in [0, 0.1) is 0 Å². The number of fused-ring (bicyclic) bond motifs is 1. The van der Waals surface area contributed by atoms with Crippen LogP contribution in [0.2, 0.25) is 0 Å². The van der Waals surface area contributed by atoms with Crippen LogP contribution in [-0.2, 0) is 23.0 Å². The van der Waals surface area contributed by atoms with E-state index < -0.39 is 10.0 Å². The zero-order valence-corrected chi connectivity index (χ0v) is 19.3. The first-order chi connectivity index (χ1) is 15.9. The average molecular weight is 462 g/mol. The van der Waals surface area contributed by atoms with Crippen LogP contribution in [-0.4, -0.2) is 27.9 Å². The fraction of sp³-hybridized carbons (Fsp3) is 0.192. The molecule has 0 saturated carbocycles. The molecule has 0 aromatic heterocycles. The molecule has 33 heavy (non-hydrogen) atoms.